The highest BCUT2D eigenvalue weighted by Gasteiger charge is 2.28. The number of nitrogens with zero attached hydrogens (tertiary/aromatic N) is 3. The Bertz CT molecular complexity index is 1670. The summed E-state index contributed by atoms with van der Waals surface area (Å²) in [7, 11) is 3.71. The molecule has 0 aliphatic carbocycles. The molecular weight excluding hydrogens is 709 g/mol. The van der Waals surface area contributed by atoms with Crippen LogP contribution in [0.3, 0.4) is 0 Å². The van der Waals surface area contributed by atoms with Crippen molar-refractivity contribution < 1.29 is 19.1 Å². The molecule has 2 aliphatic rings. The molecule has 0 saturated heterocycles. The van der Waals surface area contributed by atoms with Crippen molar-refractivity contribution in [2.24, 2.45) is 5.92 Å². The Balaban J connectivity index is 1.26. The molecule has 4 atom stereocenters. The lowest BCUT2D eigenvalue weighted by Gasteiger charge is -2.27. The lowest BCUT2D eigenvalue weighted by Crippen LogP contribution is -2.54. The predicted molar refractivity (Wildman–Crippen MR) is 213 cm³/mol. The Hall–Kier alpha value is -4.56. The van der Waals surface area contributed by atoms with Crippen LogP contribution in [0.25, 0.3) is 0 Å². The van der Waals surface area contributed by atoms with Crippen molar-refractivity contribution in [1.29, 1.82) is 0 Å². The summed E-state index contributed by atoms with van der Waals surface area (Å²) >= 11 is 3.37. The topological polar surface area (TPSA) is 144 Å². The second-order valence-corrected chi connectivity index (χ2v) is 16.0. The smallest absolute Gasteiger partial charge is 0.407 e. The van der Waals surface area contributed by atoms with Gasteiger partial charge in [-0.1, -0.05) is 74.5 Å². The van der Waals surface area contributed by atoms with Gasteiger partial charge in [-0.3, -0.25) is 4.79 Å². The van der Waals surface area contributed by atoms with Gasteiger partial charge in [-0.25, -0.2) is 14.6 Å². The van der Waals surface area contributed by atoms with Gasteiger partial charge in [0, 0.05) is 61.3 Å². The lowest BCUT2D eigenvalue weighted by molar-refractivity contribution is -0.123. The summed E-state index contributed by atoms with van der Waals surface area (Å²) < 4.78 is 5.61. The van der Waals surface area contributed by atoms with E-state index in [9.17, 15) is 14.4 Å². The molecule has 2 aromatic carbocycles. The van der Waals surface area contributed by atoms with E-state index >= 15 is 0 Å². The van der Waals surface area contributed by atoms with Crippen molar-refractivity contribution in [3.63, 3.8) is 0 Å². The van der Waals surface area contributed by atoms with Crippen LogP contribution < -0.4 is 21.3 Å². The van der Waals surface area contributed by atoms with Crippen LogP contribution in [0, 0.1) is 5.92 Å². The first-order valence-corrected chi connectivity index (χ1v) is 20.0. The number of likely N-dealkylation sites (N-methyl/N-ethyl adjacent to an activating group) is 1. The van der Waals surface area contributed by atoms with E-state index in [4.69, 9.17) is 4.74 Å². The van der Waals surface area contributed by atoms with E-state index in [0.717, 1.165) is 33.3 Å². The van der Waals surface area contributed by atoms with Crippen LogP contribution in [0.2, 0.25) is 0 Å². The first-order chi connectivity index (χ1) is 25.6. The maximum Gasteiger partial charge on any atom is 0.407 e. The van der Waals surface area contributed by atoms with Crippen molar-refractivity contribution >= 4 is 41.6 Å². The molecule has 12 nitrogen and oxygen atoms in total. The Morgan fingerprint density at radius 3 is 2.19 bits per heavy atom. The zero-order chi connectivity index (χ0) is 37.6. The van der Waals surface area contributed by atoms with Crippen LogP contribution in [-0.2, 0) is 28.8 Å². The lowest BCUT2D eigenvalue weighted by atomic mass is 9.95. The number of amides is 4. The second-order valence-electron chi connectivity index (χ2n) is 13.9. The standard InChI is InChI=1S/C39H52N8O4S2/c1-27(2)37-43-33(24-52-37)21-47(4)38(49)45-35(19-32-20-40-25-41-32)36(48)42-30(17-28-11-7-5-8-12-28)15-16-31(18-29-13-9-6-10-14-29)44-39(50)51-23-34-22-46(3)26-53-34/h5-14,20,22,24-25,27,30-31,35,37,43H,15-19,21,23,26H2,1-4H3,(H,40,41)(H,42,48)(H,44,50)(H,45,49). The largest absolute Gasteiger partial charge is 0.444 e. The molecule has 5 rings (SSSR count). The number of urea groups is 1. The van der Waals surface area contributed by atoms with E-state index in [1.54, 1.807) is 48.0 Å². The van der Waals surface area contributed by atoms with Gasteiger partial charge in [-0.05, 0) is 48.1 Å². The highest BCUT2D eigenvalue weighted by Crippen LogP contribution is 2.27. The van der Waals surface area contributed by atoms with Crippen LogP contribution in [-0.4, -0.2) is 94.4 Å². The van der Waals surface area contributed by atoms with Crippen molar-refractivity contribution in [2.75, 3.05) is 33.1 Å². The second kappa shape index (κ2) is 20.0. The summed E-state index contributed by atoms with van der Waals surface area (Å²) in [6, 6.07) is 18.3. The highest BCUT2D eigenvalue weighted by atomic mass is 32.2. The number of rotatable bonds is 18. The van der Waals surface area contributed by atoms with Gasteiger partial charge in [-0.2, -0.15) is 0 Å². The maximum absolute atomic E-state index is 14.1. The molecule has 0 radical (unpaired) electrons. The normalized spacial score (nSPS) is 16.9. The SMILES string of the molecule is CC(C)C1NC(CN(C)C(=O)NC(Cc2cnc[nH]2)C(=O)NC(CCC(Cc2ccccc2)NC(=O)OCC2=CN(C)CS2)Cc2ccccc2)=CS1. The molecule has 0 bridgehead atoms. The molecule has 53 heavy (non-hydrogen) atoms. The van der Waals surface area contributed by atoms with Gasteiger partial charge < -0.3 is 40.8 Å². The average molecular weight is 761 g/mol. The number of imidazole rings is 1. The molecule has 4 unspecified atom stereocenters. The van der Waals surface area contributed by atoms with Crippen molar-refractivity contribution in [2.45, 2.75) is 69.5 Å². The van der Waals surface area contributed by atoms with Crippen molar-refractivity contribution in [3.05, 3.63) is 112 Å². The first-order valence-electron chi connectivity index (χ1n) is 18.1. The third kappa shape index (κ3) is 13.1. The Labute approximate surface area is 321 Å². The minimum absolute atomic E-state index is 0.218. The number of benzene rings is 2. The van der Waals surface area contributed by atoms with Gasteiger partial charge in [-0.15, -0.1) is 23.5 Å². The summed E-state index contributed by atoms with van der Waals surface area (Å²) in [5.41, 5.74) is 3.85. The minimum Gasteiger partial charge on any atom is -0.444 e. The molecule has 1 aromatic heterocycles. The van der Waals surface area contributed by atoms with E-state index in [1.165, 1.54) is 0 Å². The number of ether oxygens (including phenoxy) is 1. The third-order valence-electron chi connectivity index (χ3n) is 8.98. The Morgan fingerprint density at radius 1 is 0.962 bits per heavy atom. The summed E-state index contributed by atoms with van der Waals surface area (Å²) in [4.78, 5) is 52.5. The number of aromatic nitrogens is 2. The summed E-state index contributed by atoms with van der Waals surface area (Å²) in [5.74, 6) is 0.983. The number of thioether (sulfide) groups is 2. The van der Waals surface area contributed by atoms with Crippen LogP contribution in [0.15, 0.2) is 95.4 Å². The predicted octanol–water partition coefficient (Wildman–Crippen LogP) is 5.44. The summed E-state index contributed by atoms with van der Waals surface area (Å²) in [5, 5.41) is 15.1. The zero-order valence-electron chi connectivity index (χ0n) is 30.9. The van der Waals surface area contributed by atoms with E-state index in [-0.39, 0.29) is 42.4 Å². The van der Waals surface area contributed by atoms with Gasteiger partial charge in [0.1, 0.15) is 12.6 Å². The van der Waals surface area contributed by atoms with Gasteiger partial charge in [0.2, 0.25) is 5.91 Å². The molecule has 14 heteroatoms. The highest BCUT2D eigenvalue weighted by molar-refractivity contribution is 8.03. The number of carbonyl (C=O) groups is 3. The van der Waals surface area contributed by atoms with Crippen LogP contribution in [0.5, 0.6) is 0 Å². The maximum atomic E-state index is 14.1. The molecule has 3 aromatic rings. The number of nitrogens with one attached hydrogen (secondary N) is 5. The number of H-pyrrole nitrogens is 1. The van der Waals surface area contributed by atoms with Gasteiger partial charge in [0.05, 0.1) is 24.1 Å². The van der Waals surface area contributed by atoms with E-state index in [0.29, 0.717) is 38.1 Å². The Morgan fingerprint density at radius 2 is 1.62 bits per heavy atom. The third-order valence-corrected chi connectivity index (χ3v) is 11.5. The van der Waals surface area contributed by atoms with Crippen LogP contribution in [0.4, 0.5) is 9.59 Å². The molecular formula is C39H52N8O4S2. The monoisotopic (exact) mass is 760 g/mol. The van der Waals surface area contributed by atoms with Crippen molar-refractivity contribution in [1.82, 2.24) is 41.0 Å². The molecule has 5 N–H and O–H groups in total. The number of hydrogen-bond donors (Lipinski definition) is 5. The first kappa shape index (κ1) is 39.6. The van der Waals surface area contributed by atoms with Crippen molar-refractivity contribution in [3.8, 4) is 0 Å². The molecule has 2 aliphatic heterocycles. The van der Waals surface area contributed by atoms with Gasteiger partial charge in [0.15, 0.2) is 0 Å². The Kier molecular flexibility index (Phi) is 15.0. The number of alkyl carbamates (subject to hydrolysis) is 1. The minimum atomic E-state index is -0.859. The molecule has 0 saturated carbocycles. The fourth-order valence-electron chi connectivity index (χ4n) is 6.11. The number of carbonyl (C=O) groups excluding carboxylic acids is 3. The number of hydrogen-bond acceptors (Lipinski definition) is 9. The van der Waals surface area contributed by atoms with E-state index in [2.05, 4.69) is 55.4 Å². The summed E-state index contributed by atoms with van der Waals surface area (Å²) in [6.45, 7) is 4.92. The van der Waals surface area contributed by atoms with Gasteiger partial charge >= 0.3 is 12.1 Å². The van der Waals surface area contributed by atoms with E-state index < -0.39 is 12.1 Å². The molecule has 3 heterocycles. The quantitative estimate of drug-likeness (QED) is 0.115. The molecule has 4 amide bonds. The van der Waals surface area contributed by atoms with E-state index in [1.807, 2.05) is 73.9 Å². The molecule has 0 fully saturated rings. The van der Waals surface area contributed by atoms with Crippen LogP contribution in [0.1, 0.15) is 43.5 Å². The fraction of sp³-hybridized carbons (Fsp3) is 0.436. The average Bonchev–Trinajstić information content (AvgIpc) is 3.93. The van der Waals surface area contributed by atoms with Crippen LogP contribution >= 0.6 is 23.5 Å². The van der Waals surface area contributed by atoms with Gasteiger partial charge in [0.25, 0.3) is 0 Å². The molecule has 284 valence electrons. The number of aromatic amines is 1. The molecule has 0 spiro atoms. The summed E-state index contributed by atoms with van der Waals surface area (Å²) in [6.07, 6.45) is 7.31. The zero-order valence-corrected chi connectivity index (χ0v) is 32.6. The fourth-order valence-corrected chi connectivity index (χ4v) is 7.93.